The van der Waals surface area contributed by atoms with Crippen LogP contribution in [-0.2, 0) is 0 Å². The lowest BCUT2D eigenvalue weighted by Gasteiger charge is -2.32. The van der Waals surface area contributed by atoms with Gasteiger partial charge in [-0.3, -0.25) is 4.79 Å². The molecule has 2 aromatic carbocycles. The molecule has 0 radical (unpaired) electrons. The highest BCUT2D eigenvalue weighted by atomic mass is 19.1. The van der Waals surface area contributed by atoms with E-state index in [1.54, 1.807) is 18.2 Å². The number of hydrogen-bond donors (Lipinski definition) is 2. The summed E-state index contributed by atoms with van der Waals surface area (Å²) >= 11 is 0. The smallest absolute Gasteiger partial charge is 0.255 e. The fourth-order valence-corrected chi connectivity index (χ4v) is 2.92. The van der Waals surface area contributed by atoms with Crippen molar-refractivity contribution in [2.75, 3.05) is 23.3 Å². The highest BCUT2D eigenvalue weighted by Crippen LogP contribution is 2.27. The number of amides is 1. The van der Waals surface area contributed by atoms with Crippen LogP contribution in [0.1, 0.15) is 28.8 Å². The van der Waals surface area contributed by atoms with Crippen molar-refractivity contribution in [3.63, 3.8) is 0 Å². The van der Waals surface area contributed by atoms with Gasteiger partial charge in [0.25, 0.3) is 5.91 Å². The minimum absolute atomic E-state index is 0.215. The predicted molar refractivity (Wildman–Crippen MR) is 93.0 cm³/mol. The molecule has 2 N–H and O–H groups in total. The number of halogens is 1. The molecule has 1 aliphatic rings. The van der Waals surface area contributed by atoms with E-state index in [0.717, 1.165) is 11.8 Å². The quantitative estimate of drug-likeness (QED) is 0.901. The number of rotatable bonds is 3. The molecule has 0 aliphatic carbocycles. The van der Waals surface area contributed by atoms with E-state index in [1.807, 2.05) is 0 Å². The molecule has 0 saturated carbocycles. The van der Waals surface area contributed by atoms with Gasteiger partial charge in [-0.15, -0.1) is 0 Å². The second-order valence-corrected chi connectivity index (χ2v) is 6.03. The SMILES string of the molecule is N#Cc1cc(NC(=O)c2cccc(F)c2)ccc1N1CCC(O)CC1. The van der Waals surface area contributed by atoms with Crippen molar-refractivity contribution in [3.05, 3.63) is 59.4 Å². The van der Waals surface area contributed by atoms with Crippen LogP contribution in [0.3, 0.4) is 0 Å². The molecular weight excluding hydrogens is 321 g/mol. The predicted octanol–water partition coefficient (Wildman–Crippen LogP) is 2.91. The Bertz CT molecular complexity index is 824. The summed E-state index contributed by atoms with van der Waals surface area (Å²) in [7, 11) is 0. The molecule has 0 atom stereocenters. The number of aliphatic hydroxyl groups excluding tert-OH is 1. The zero-order chi connectivity index (χ0) is 17.8. The zero-order valence-electron chi connectivity index (χ0n) is 13.6. The topological polar surface area (TPSA) is 76.4 Å². The number of nitrogens with one attached hydrogen (secondary N) is 1. The number of benzene rings is 2. The van der Waals surface area contributed by atoms with Crippen LogP contribution >= 0.6 is 0 Å². The number of piperidine rings is 1. The first kappa shape index (κ1) is 16.9. The van der Waals surface area contributed by atoms with E-state index in [2.05, 4.69) is 16.3 Å². The summed E-state index contributed by atoms with van der Waals surface area (Å²) in [5, 5.41) is 21.7. The Morgan fingerprint density at radius 2 is 2.00 bits per heavy atom. The number of hydrogen-bond acceptors (Lipinski definition) is 4. The standard InChI is InChI=1S/C19H18FN3O2/c20-15-3-1-2-13(10-15)19(25)22-16-4-5-18(14(11-16)12-21)23-8-6-17(24)7-9-23/h1-5,10-11,17,24H,6-9H2,(H,22,25). The average Bonchev–Trinajstić information content (AvgIpc) is 2.62. The van der Waals surface area contributed by atoms with Crippen LogP contribution in [0, 0.1) is 17.1 Å². The molecule has 1 saturated heterocycles. The molecule has 0 aromatic heterocycles. The van der Waals surface area contributed by atoms with Crippen molar-refractivity contribution >= 4 is 17.3 Å². The Labute approximate surface area is 145 Å². The van der Waals surface area contributed by atoms with Crippen LogP contribution in [0.25, 0.3) is 0 Å². The molecule has 0 unspecified atom stereocenters. The summed E-state index contributed by atoms with van der Waals surface area (Å²) in [4.78, 5) is 14.2. The first-order valence-corrected chi connectivity index (χ1v) is 8.11. The second-order valence-electron chi connectivity index (χ2n) is 6.03. The molecule has 2 aromatic rings. The number of anilines is 2. The van der Waals surface area contributed by atoms with E-state index < -0.39 is 11.7 Å². The van der Waals surface area contributed by atoms with Gasteiger partial charge >= 0.3 is 0 Å². The molecule has 1 aliphatic heterocycles. The highest BCUT2D eigenvalue weighted by Gasteiger charge is 2.20. The van der Waals surface area contributed by atoms with Gasteiger partial charge in [-0.25, -0.2) is 4.39 Å². The summed E-state index contributed by atoms with van der Waals surface area (Å²) in [6.07, 6.45) is 1.05. The summed E-state index contributed by atoms with van der Waals surface area (Å²) in [6.45, 7) is 1.37. The Morgan fingerprint density at radius 1 is 1.24 bits per heavy atom. The van der Waals surface area contributed by atoms with Crippen molar-refractivity contribution in [1.82, 2.24) is 0 Å². The summed E-state index contributed by atoms with van der Waals surface area (Å²) in [5.74, 6) is -0.912. The van der Waals surface area contributed by atoms with E-state index in [9.17, 15) is 19.6 Å². The number of carbonyl (C=O) groups is 1. The van der Waals surface area contributed by atoms with Gasteiger partial charge in [0, 0.05) is 24.3 Å². The highest BCUT2D eigenvalue weighted by molar-refractivity contribution is 6.04. The maximum atomic E-state index is 13.2. The fourth-order valence-electron chi connectivity index (χ4n) is 2.92. The van der Waals surface area contributed by atoms with Gasteiger partial charge < -0.3 is 15.3 Å². The van der Waals surface area contributed by atoms with Crippen LogP contribution in [0.2, 0.25) is 0 Å². The van der Waals surface area contributed by atoms with Crippen molar-refractivity contribution in [3.8, 4) is 6.07 Å². The minimum atomic E-state index is -0.479. The average molecular weight is 339 g/mol. The van der Waals surface area contributed by atoms with Gasteiger partial charge in [0.2, 0.25) is 0 Å². The van der Waals surface area contributed by atoms with E-state index >= 15 is 0 Å². The molecule has 5 nitrogen and oxygen atoms in total. The van der Waals surface area contributed by atoms with E-state index in [-0.39, 0.29) is 11.7 Å². The molecule has 0 bridgehead atoms. The van der Waals surface area contributed by atoms with Gasteiger partial charge in [-0.05, 0) is 49.2 Å². The van der Waals surface area contributed by atoms with Crippen LogP contribution in [0.5, 0.6) is 0 Å². The minimum Gasteiger partial charge on any atom is -0.393 e. The largest absolute Gasteiger partial charge is 0.393 e. The van der Waals surface area contributed by atoms with Crippen LogP contribution < -0.4 is 10.2 Å². The first-order valence-electron chi connectivity index (χ1n) is 8.11. The Morgan fingerprint density at radius 3 is 2.68 bits per heavy atom. The van der Waals surface area contributed by atoms with Gasteiger partial charge in [0.1, 0.15) is 11.9 Å². The fraction of sp³-hybridized carbons (Fsp3) is 0.263. The van der Waals surface area contributed by atoms with Gasteiger partial charge in [-0.1, -0.05) is 6.07 Å². The van der Waals surface area contributed by atoms with Crippen molar-refractivity contribution in [2.24, 2.45) is 0 Å². The van der Waals surface area contributed by atoms with Crippen molar-refractivity contribution < 1.29 is 14.3 Å². The molecule has 1 fully saturated rings. The maximum absolute atomic E-state index is 13.2. The molecule has 6 heteroatoms. The summed E-state index contributed by atoms with van der Waals surface area (Å²) in [5.41, 5.74) is 1.94. The van der Waals surface area contributed by atoms with Crippen LogP contribution in [0.15, 0.2) is 42.5 Å². The second kappa shape index (κ2) is 7.32. The van der Waals surface area contributed by atoms with E-state index in [1.165, 1.54) is 18.2 Å². The molecule has 1 amide bonds. The lowest BCUT2D eigenvalue weighted by molar-refractivity contribution is 0.102. The third-order valence-electron chi connectivity index (χ3n) is 4.27. The van der Waals surface area contributed by atoms with Crippen molar-refractivity contribution in [1.29, 1.82) is 5.26 Å². The Balaban J connectivity index is 1.77. The van der Waals surface area contributed by atoms with Crippen molar-refractivity contribution in [2.45, 2.75) is 18.9 Å². The lowest BCUT2D eigenvalue weighted by Crippen LogP contribution is -2.36. The molecule has 3 rings (SSSR count). The summed E-state index contributed by atoms with van der Waals surface area (Å²) in [6, 6.07) is 12.7. The Hall–Kier alpha value is -2.91. The lowest BCUT2D eigenvalue weighted by atomic mass is 10.0. The molecule has 128 valence electrons. The number of aliphatic hydroxyl groups is 1. The van der Waals surface area contributed by atoms with Gasteiger partial charge in [0.05, 0.1) is 17.4 Å². The molecule has 1 heterocycles. The molecule has 0 spiro atoms. The van der Waals surface area contributed by atoms with E-state index in [0.29, 0.717) is 37.2 Å². The normalized spacial score (nSPS) is 14.8. The summed E-state index contributed by atoms with van der Waals surface area (Å²) < 4.78 is 13.2. The maximum Gasteiger partial charge on any atom is 0.255 e. The Kier molecular flexibility index (Phi) is 4.96. The third-order valence-corrected chi connectivity index (χ3v) is 4.27. The van der Waals surface area contributed by atoms with Gasteiger partial charge in [-0.2, -0.15) is 5.26 Å². The van der Waals surface area contributed by atoms with Crippen LogP contribution in [-0.4, -0.2) is 30.2 Å². The number of carbonyl (C=O) groups excluding carboxylic acids is 1. The van der Waals surface area contributed by atoms with Crippen LogP contribution in [0.4, 0.5) is 15.8 Å². The molecule has 25 heavy (non-hydrogen) atoms. The third kappa shape index (κ3) is 3.95. The first-order chi connectivity index (χ1) is 12.1. The zero-order valence-corrected chi connectivity index (χ0v) is 13.6. The number of nitrogens with zero attached hydrogens (tertiary/aromatic N) is 2. The monoisotopic (exact) mass is 339 g/mol. The van der Waals surface area contributed by atoms with Gasteiger partial charge in [0.15, 0.2) is 0 Å². The molecular formula is C19H18FN3O2. The number of nitriles is 1. The van der Waals surface area contributed by atoms with E-state index in [4.69, 9.17) is 0 Å².